The first-order valence-electron chi connectivity index (χ1n) is 6.16. The van der Waals surface area contributed by atoms with E-state index in [9.17, 15) is 13.6 Å². The second-order valence-electron chi connectivity index (χ2n) is 3.98. The van der Waals surface area contributed by atoms with Crippen LogP contribution in [0.1, 0.15) is 18.9 Å². The largest absolute Gasteiger partial charge is 0.487 e. The van der Waals surface area contributed by atoms with Gasteiger partial charge in [-0.25, -0.2) is 8.78 Å². The van der Waals surface area contributed by atoms with Crippen molar-refractivity contribution in [3.8, 4) is 5.75 Å². The van der Waals surface area contributed by atoms with Crippen molar-refractivity contribution in [1.82, 2.24) is 5.32 Å². The summed E-state index contributed by atoms with van der Waals surface area (Å²) < 4.78 is 32.2. The summed E-state index contributed by atoms with van der Waals surface area (Å²) >= 11 is 0. The zero-order chi connectivity index (χ0) is 14.3. The van der Waals surface area contributed by atoms with Crippen LogP contribution >= 0.6 is 0 Å². The smallest absolute Gasteiger partial charge is 0.223 e. The van der Waals surface area contributed by atoms with Crippen LogP contribution in [0.15, 0.2) is 12.1 Å². The third-order valence-electron chi connectivity index (χ3n) is 2.44. The lowest BCUT2D eigenvalue weighted by Gasteiger charge is -2.10. The van der Waals surface area contributed by atoms with Gasteiger partial charge in [-0.3, -0.25) is 4.79 Å². The molecule has 0 atom stereocenters. The number of nitrogens with two attached hydrogens (primary N) is 1. The molecule has 1 rings (SSSR count). The molecule has 0 radical (unpaired) electrons. The Morgan fingerprint density at radius 1 is 1.37 bits per heavy atom. The Hall–Kier alpha value is -1.69. The molecule has 1 amide bonds. The minimum absolute atomic E-state index is 0.0528. The van der Waals surface area contributed by atoms with E-state index in [2.05, 4.69) is 5.32 Å². The highest BCUT2D eigenvalue weighted by Crippen LogP contribution is 2.23. The molecule has 0 unspecified atom stereocenters. The van der Waals surface area contributed by atoms with Crippen molar-refractivity contribution in [2.24, 2.45) is 5.73 Å². The van der Waals surface area contributed by atoms with Crippen molar-refractivity contribution in [2.45, 2.75) is 19.8 Å². The van der Waals surface area contributed by atoms with Gasteiger partial charge in [0.05, 0.1) is 13.0 Å². The monoisotopic (exact) mass is 272 g/mol. The van der Waals surface area contributed by atoms with Crippen molar-refractivity contribution >= 4 is 5.91 Å². The maximum absolute atomic E-state index is 13.6. The summed E-state index contributed by atoms with van der Waals surface area (Å²) in [6.45, 7) is 2.54. The molecule has 0 heterocycles. The Kier molecular flexibility index (Phi) is 6.21. The lowest BCUT2D eigenvalue weighted by molar-refractivity contribution is -0.121. The Morgan fingerprint density at radius 3 is 2.53 bits per heavy atom. The number of benzene rings is 1. The predicted octanol–water partition coefficient (Wildman–Crippen LogP) is 1.37. The van der Waals surface area contributed by atoms with Crippen LogP contribution in [0.3, 0.4) is 0 Å². The number of carbonyl (C=O) groups excluding carboxylic acids is 1. The van der Waals surface area contributed by atoms with Gasteiger partial charge >= 0.3 is 0 Å². The van der Waals surface area contributed by atoms with Gasteiger partial charge in [-0.05, 0) is 37.6 Å². The van der Waals surface area contributed by atoms with E-state index in [1.807, 2.05) is 0 Å². The van der Waals surface area contributed by atoms with Gasteiger partial charge in [0.15, 0.2) is 17.4 Å². The van der Waals surface area contributed by atoms with Gasteiger partial charge in [0.1, 0.15) is 0 Å². The van der Waals surface area contributed by atoms with Crippen molar-refractivity contribution < 1.29 is 18.3 Å². The van der Waals surface area contributed by atoms with Crippen molar-refractivity contribution in [2.75, 3.05) is 19.7 Å². The summed E-state index contributed by atoms with van der Waals surface area (Å²) in [5.41, 5.74) is 5.80. The Morgan fingerprint density at radius 2 is 2.00 bits per heavy atom. The van der Waals surface area contributed by atoms with E-state index in [0.717, 1.165) is 0 Å². The molecule has 0 fully saturated rings. The lowest BCUT2D eigenvalue weighted by atomic mass is 10.1. The van der Waals surface area contributed by atoms with Gasteiger partial charge in [0.25, 0.3) is 0 Å². The van der Waals surface area contributed by atoms with Crippen LogP contribution in [0.25, 0.3) is 0 Å². The molecular weight excluding hydrogens is 254 g/mol. The molecule has 1 aromatic rings. The molecule has 0 bridgehead atoms. The van der Waals surface area contributed by atoms with Gasteiger partial charge in [-0.2, -0.15) is 0 Å². The minimum Gasteiger partial charge on any atom is -0.487 e. The van der Waals surface area contributed by atoms with Crippen molar-refractivity contribution in [1.29, 1.82) is 0 Å². The van der Waals surface area contributed by atoms with Crippen LogP contribution in [0, 0.1) is 11.6 Å². The fourth-order valence-corrected chi connectivity index (χ4v) is 1.59. The first kappa shape index (κ1) is 15.4. The highest BCUT2D eigenvalue weighted by molar-refractivity contribution is 5.75. The van der Waals surface area contributed by atoms with E-state index in [1.165, 1.54) is 12.1 Å². The molecule has 0 aliphatic carbocycles. The van der Waals surface area contributed by atoms with Crippen LogP contribution in [-0.2, 0) is 11.2 Å². The fourth-order valence-electron chi connectivity index (χ4n) is 1.59. The van der Waals surface area contributed by atoms with E-state index >= 15 is 0 Å². The molecular formula is C13H18F2N2O2. The molecule has 0 saturated heterocycles. The third kappa shape index (κ3) is 4.82. The normalized spacial score (nSPS) is 10.3. The molecule has 3 N–H and O–H groups in total. The van der Waals surface area contributed by atoms with Gasteiger partial charge in [0.2, 0.25) is 5.91 Å². The first-order valence-corrected chi connectivity index (χ1v) is 6.16. The molecule has 0 aromatic heterocycles. The van der Waals surface area contributed by atoms with Crippen molar-refractivity contribution in [3.05, 3.63) is 29.3 Å². The topological polar surface area (TPSA) is 64.3 Å². The summed E-state index contributed by atoms with van der Waals surface area (Å²) in [5.74, 6) is -2.23. The van der Waals surface area contributed by atoms with E-state index in [-0.39, 0.29) is 18.9 Å². The molecule has 6 heteroatoms. The minimum atomic E-state index is -0.778. The second-order valence-corrected chi connectivity index (χ2v) is 3.98. The van der Waals surface area contributed by atoms with Crippen LogP contribution < -0.4 is 15.8 Å². The number of hydrogen-bond donors (Lipinski definition) is 2. The molecule has 1 aromatic carbocycles. The molecule has 106 valence electrons. The van der Waals surface area contributed by atoms with Crippen molar-refractivity contribution in [3.63, 3.8) is 0 Å². The van der Waals surface area contributed by atoms with E-state index in [0.29, 0.717) is 25.1 Å². The highest BCUT2D eigenvalue weighted by atomic mass is 19.1. The SMILES string of the molecule is CCNC(=O)CCOc1c(F)cc(CCN)cc1F. The average molecular weight is 272 g/mol. The van der Waals surface area contributed by atoms with Gasteiger partial charge < -0.3 is 15.8 Å². The maximum Gasteiger partial charge on any atom is 0.223 e. The van der Waals surface area contributed by atoms with Gasteiger partial charge in [0, 0.05) is 6.54 Å². The van der Waals surface area contributed by atoms with E-state index < -0.39 is 17.4 Å². The molecule has 0 spiro atoms. The molecule has 19 heavy (non-hydrogen) atoms. The number of hydrogen-bond acceptors (Lipinski definition) is 3. The van der Waals surface area contributed by atoms with Crippen LogP contribution in [0.4, 0.5) is 8.78 Å². The standard InChI is InChI=1S/C13H18F2N2O2/c1-2-17-12(18)4-6-19-13-10(14)7-9(3-5-16)8-11(13)15/h7-8H,2-6,16H2,1H3,(H,17,18). The Balaban J connectivity index is 2.61. The molecule has 4 nitrogen and oxygen atoms in total. The molecule has 0 saturated carbocycles. The number of amides is 1. The van der Waals surface area contributed by atoms with E-state index in [1.54, 1.807) is 6.92 Å². The summed E-state index contributed by atoms with van der Waals surface area (Å²) in [5, 5.41) is 2.57. The number of halogens is 2. The predicted molar refractivity (Wildman–Crippen MR) is 67.9 cm³/mol. The first-order chi connectivity index (χ1) is 9.08. The summed E-state index contributed by atoms with van der Waals surface area (Å²) in [7, 11) is 0. The average Bonchev–Trinajstić information content (AvgIpc) is 2.33. The maximum atomic E-state index is 13.6. The zero-order valence-electron chi connectivity index (χ0n) is 10.8. The van der Waals surface area contributed by atoms with Crippen LogP contribution in [0.5, 0.6) is 5.75 Å². The Bertz CT molecular complexity index is 416. The highest BCUT2D eigenvalue weighted by Gasteiger charge is 2.13. The summed E-state index contributed by atoms with van der Waals surface area (Å²) in [6.07, 6.45) is 0.449. The zero-order valence-corrected chi connectivity index (χ0v) is 10.8. The molecule has 0 aliphatic heterocycles. The van der Waals surface area contributed by atoms with Crippen LogP contribution in [-0.4, -0.2) is 25.6 Å². The van der Waals surface area contributed by atoms with Gasteiger partial charge in [-0.15, -0.1) is 0 Å². The summed E-state index contributed by atoms with van der Waals surface area (Å²) in [4.78, 5) is 11.1. The third-order valence-corrected chi connectivity index (χ3v) is 2.44. The second kappa shape index (κ2) is 7.68. The molecule has 0 aliphatic rings. The quantitative estimate of drug-likeness (QED) is 0.788. The fraction of sp³-hybridized carbons (Fsp3) is 0.462. The number of carbonyl (C=O) groups is 1. The lowest BCUT2D eigenvalue weighted by Crippen LogP contribution is -2.24. The summed E-state index contributed by atoms with van der Waals surface area (Å²) in [6, 6.07) is 2.38. The van der Waals surface area contributed by atoms with E-state index in [4.69, 9.17) is 10.5 Å². The Labute approximate surface area is 110 Å². The number of ether oxygens (including phenoxy) is 1. The van der Waals surface area contributed by atoms with Gasteiger partial charge in [-0.1, -0.05) is 0 Å². The van der Waals surface area contributed by atoms with Crippen LogP contribution in [0.2, 0.25) is 0 Å². The number of nitrogens with one attached hydrogen (secondary N) is 1. The number of rotatable bonds is 7.